The second-order valence-electron chi connectivity index (χ2n) is 8.86. The molecule has 312 valence electrons. The van der Waals surface area contributed by atoms with Gasteiger partial charge < -0.3 is 16.2 Å². The van der Waals surface area contributed by atoms with Crippen molar-refractivity contribution in [3.05, 3.63) is 123 Å². The van der Waals surface area contributed by atoms with Crippen LogP contribution in [0, 0.1) is 74.5 Å². The number of aromatic amines is 1. The Balaban J connectivity index is -0.000000110. The van der Waals surface area contributed by atoms with Crippen LogP contribution in [0.25, 0.3) is 26.7 Å². The molecule has 0 atom stereocenters. The third-order valence-electron chi connectivity index (χ3n) is 5.27. The van der Waals surface area contributed by atoms with E-state index < -0.39 is 5.97 Å². The molecule has 0 fully saturated rings. The van der Waals surface area contributed by atoms with Crippen molar-refractivity contribution >= 4 is 156 Å². The number of terminal acetylenes is 1. The van der Waals surface area contributed by atoms with Gasteiger partial charge in [0.05, 0.1) is 8.66 Å². The molecule has 26 heteroatoms. The van der Waals surface area contributed by atoms with E-state index >= 15 is 0 Å². The molecule has 60 heavy (non-hydrogen) atoms. The first-order valence-corrected chi connectivity index (χ1v) is 24.4. The third-order valence-corrected chi connectivity index (χ3v) is 14.2. The maximum atomic E-state index is 9.00. The van der Waals surface area contributed by atoms with Gasteiger partial charge in [-0.1, -0.05) is 13.5 Å². The monoisotopic (exact) mass is 1350 g/mol. The standard InChI is InChI=1S/C6H3Br2NS.C6H5BrN4S.C6H4BrNS.C6H5NS.C5H5N.C2H4O2.C2H2.CH4.Br2.ClH.N3.Na.Zn/c1-3-4(2-9)10-6(8)5(3)7;1-3-4(7)2-12-5(3)6-8-10-11-9-6;1-4-5(7)3-9-6(4)2-8;1-5-2-3-8-6(5)4-7;1-2-4-6-5-3-1;1-2(3)4;1-2;;1-2;;1-3-2;;/h1H3;2H,1H3,(H,8,9,10,11);3H,1H3;2-3H,1H3;1-5H;1H3,(H,3,4);1-2H;1H4;;1H;;;/q;;;;;;;;;;-1;+1;. The largest absolute Gasteiger partial charge is 1.00 e. The van der Waals surface area contributed by atoms with E-state index in [1.807, 2.05) is 68.1 Å². The van der Waals surface area contributed by atoms with Gasteiger partial charge in [0.2, 0.25) is 5.82 Å². The summed E-state index contributed by atoms with van der Waals surface area (Å²) in [6.07, 6.45) is 11.5. The van der Waals surface area contributed by atoms with Crippen molar-refractivity contribution in [3.63, 3.8) is 0 Å². The summed E-state index contributed by atoms with van der Waals surface area (Å²) in [6.45, 7) is 8.89. The van der Waals surface area contributed by atoms with Gasteiger partial charge in [-0.05, 0) is 142 Å². The smallest absolute Gasteiger partial charge is 0.481 e. The summed E-state index contributed by atoms with van der Waals surface area (Å²) < 4.78 is 4.10. The topological polar surface area (TPSA) is 235 Å². The number of carboxylic acids is 1. The number of nitrogens with zero attached hydrogens (tertiary/aromatic N) is 10. The zero-order valence-electron chi connectivity index (χ0n) is 31.7. The normalized spacial score (nSPS) is 7.63. The number of rotatable bonds is 1. The molecule has 0 amide bonds. The van der Waals surface area contributed by atoms with E-state index in [1.54, 1.807) is 23.7 Å². The van der Waals surface area contributed by atoms with E-state index in [0.29, 0.717) is 5.82 Å². The van der Waals surface area contributed by atoms with Gasteiger partial charge in [0.15, 0.2) is 0 Å². The number of carboxylic acid groups (broad SMARTS) is 1. The molecular formula is C34H33Br6ClN11NaO2S4Zn. The van der Waals surface area contributed by atoms with E-state index in [1.165, 1.54) is 38.9 Å². The van der Waals surface area contributed by atoms with E-state index in [-0.39, 0.29) is 68.9 Å². The number of aliphatic carboxylic acids is 1. The molecule has 0 aliphatic heterocycles. The van der Waals surface area contributed by atoms with Crippen molar-refractivity contribution in [3.8, 4) is 41.8 Å². The summed E-state index contributed by atoms with van der Waals surface area (Å²) in [5.41, 5.74) is 17.8. The van der Waals surface area contributed by atoms with Crippen molar-refractivity contribution in [2.45, 2.75) is 42.0 Å². The number of aryl methyl sites for hydroxylation is 1. The predicted molar refractivity (Wildman–Crippen MR) is 264 cm³/mol. The molecule has 6 aromatic rings. The number of nitriles is 3. The Labute approximate surface area is 456 Å². The molecular weight excluding hydrogens is 1330 g/mol. The van der Waals surface area contributed by atoms with Crippen LogP contribution in [-0.2, 0) is 24.3 Å². The predicted octanol–water partition coefficient (Wildman–Crippen LogP) is 12.1. The first kappa shape index (κ1) is 73.0. The van der Waals surface area contributed by atoms with Crippen LogP contribution < -0.4 is 29.6 Å². The molecule has 0 bridgehead atoms. The maximum absolute atomic E-state index is 9.00. The summed E-state index contributed by atoms with van der Waals surface area (Å²) >= 11 is 24.9. The quantitative estimate of drug-likeness (QED) is 0.0523. The Hall–Kier alpha value is -1.38. The molecule has 6 aromatic heterocycles. The molecule has 0 radical (unpaired) electrons. The molecule has 2 N–H and O–H groups in total. The minimum atomic E-state index is -0.833. The van der Waals surface area contributed by atoms with Crippen LogP contribution in [0.5, 0.6) is 0 Å². The summed E-state index contributed by atoms with van der Waals surface area (Å²) in [7, 11) is 0. The van der Waals surface area contributed by atoms with Gasteiger partial charge in [-0.25, -0.2) is 0 Å². The number of aromatic nitrogens is 5. The van der Waals surface area contributed by atoms with Crippen molar-refractivity contribution in [1.29, 1.82) is 15.8 Å². The second kappa shape index (κ2) is 47.1. The molecule has 6 heterocycles. The van der Waals surface area contributed by atoms with E-state index in [2.05, 4.69) is 149 Å². The number of hydrogen-bond acceptors (Lipinski definition) is 12. The number of thiophene rings is 4. The fourth-order valence-corrected chi connectivity index (χ4v) is 8.37. The molecule has 0 saturated carbocycles. The number of tetrazole rings is 1. The number of pyridine rings is 1. The Morgan fingerprint density at radius 3 is 1.53 bits per heavy atom. The van der Waals surface area contributed by atoms with Crippen LogP contribution in [0.4, 0.5) is 0 Å². The van der Waals surface area contributed by atoms with Crippen molar-refractivity contribution < 1.29 is 58.9 Å². The van der Waals surface area contributed by atoms with Crippen LogP contribution in [0.3, 0.4) is 0 Å². The molecule has 0 saturated heterocycles. The molecule has 0 aliphatic carbocycles. The van der Waals surface area contributed by atoms with Gasteiger partial charge in [0.25, 0.3) is 5.97 Å². The van der Waals surface area contributed by atoms with Crippen molar-refractivity contribution in [2.24, 2.45) is 0 Å². The van der Waals surface area contributed by atoms with Gasteiger partial charge in [-0.2, -0.15) is 21.0 Å². The molecule has 0 spiro atoms. The van der Waals surface area contributed by atoms with E-state index in [4.69, 9.17) is 36.7 Å². The van der Waals surface area contributed by atoms with E-state index in [9.17, 15) is 0 Å². The molecule has 13 nitrogen and oxygen atoms in total. The molecule has 6 rings (SSSR count). The van der Waals surface area contributed by atoms with Crippen molar-refractivity contribution in [2.75, 3.05) is 0 Å². The van der Waals surface area contributed by atoms with Crippen LogP contribution in [0.2, 0.25) is 0 Å². The third kappa shape index (κ3) is 32.3. The van der Waals surface area contributed by atoms with Gasteiger partial charge in [-0.15, -0.1) is 80.8 Å². The van der Waals surface area contributed by atoms with Crippen molar-refractivity contribution in [1.82, 2.24) is 25.6 Å². The number of nitrogens with one attached hydrogen (secondary N) is 1. The maximum Gasteiger partial charge on any atom is 1.00 e. The average Bonchev–Trinajstić information content (AvgIpc) is 4.06. The summed E-state index contributed by atoms with van der Waals surface area (Å²) in [6, 6.07) is 14.0. The first-order chi connectivity index (χ1) is 26.7. The number of hydrogen-bond donors (Lipinski definition) is 2. The van der Waals surface area contributed by atoms with Gasteiger partial charge >= 0.3 is 29.6 Å². The van der Waals surface area contributed by atoms with Gasteiger partial charge in [-0.3, -0.25) is 14.7 Å². The Morgan fingerprint density at radius 2 is 1.32 bits per heavy atom. The first-order valence-electron chi connectivity index (χ1n) is 14.1. The Morgan fingerprint density at radius 1 is 0.850 bits per heavy atom. The van der Waals surface area contributed by atoms with E-state index in [0.717, 1.165) is 65.9 Å². The Kier molecular flexibility index (Phi) is 57.4. The zero-order chi connectivity index (χ0) is 43.6. The zero-order valence-corrected chi connectivity index (χ0v) is 50.3. The van der Waals surface area contributed by atoms with Crippen LogP contribution in [-0.4, -0.2) is 36.7 Å². The van der Waals surface area contributed by atoms with Gasteiger partial charge in [0, 0.05) is 91.2 Å². The minimum Gasteiger partial charge on any atom is -0.481 e. The van der Waals surface area contributed by atoms with Crippen LogP contribution in [0.1, 0.15) is 51.2 Å². The van der Waals surface area contributed by atoms with Gasteiger partial charge in [0.1, 0.15) is 32.8 Å². The summed E-state index contributed by atoms with van der Waals surface area (Å²) in [5, 5.41) is 52.4. The average molecular weight is 1360 g/mol. The SMILES string of the molecule is BrBr.C.C#C.CC(=O)O.Cc1c(Br)csc1-c1nn[nH]n1.Cc1c(Br)csc1C#N.Cc1c(C#N)sc(Br)c1Br.Cc1ccsc1C#N.Cl.[N-]=[N+]=[N-].[Na+].[Zn].c1ccncc1. The number of H-pyrrole nitrogens is 1. The summed E-state index contributed by atoms with van der Waals surface area (Å²) in [4.78, 5) is 17.7. The molecule has 0 aromatic carbocycles. The second-order valence-corrected chi connectivity index (χ2v) is 16.4. The number of carbonyl (C=O) groups is 1. The fraction of sp³-hybridized carbons (Fsp3) is 0.176. The number of halogens is 7. The molecule has 0 aliphatic rings. The van der Waals surface area contributed by atoms with Crippen LogP contribution >= 0.6 is 150 Å². The minimum absolute atomic E-state index is 0. The summed E-state index contributed by atoms with van der Waals surface area (Å²) in [5.74, 6) is -0.178. The molecule has 0 unspecified atom stereocenters. The fourth-order valence-electron chi connectivity index (χ4n) is 2.75. The van der Waals surface area contributed by atoms with Crippen LogP contribution in [0.15, 0.2) is 70.0 Å². The Bertz CT molecular complexity index is 2150.